The van der Waals surface area contributed by atoms with Crippen molar-refractivity contribution in [3.05, 3.63) is 45.9 Å². The number of benzene rings is 2. The predicted octanol–water partition coefficient (Wildman–Crippen LogP) is 3.19. The maximum atomic E-state index is 10.4. The lowest BCUT2D eigenvalue weighted by molar-refractivity contribution is 0.111. The second-order valence-corrected chi connectivity index (χ2v) is 5.06. The van der Waals surface area contributed by atoms with Crippen molar-refractivity contribution in [2.75, 3.05) is 14.2 Å². The Bertz CT molecular complexity index is 699. The molecule has 0 spiro atoms. The number of ether oxygens (including phenoxy) is 2. The van der Waals surface area contributed by atoms with Crippen molar-refractivity contribution in [3.63, 3.8) is 0 Å². The number of aldehydes is 2. The number of phenols is 2. The van der Waals surface area contributed by atoms with Gasteiger partial charge in [-0.3, -0.25) is 9.59 Å². The minimum atomic E-state index is -0.0641. The van der Waals surface area contributed by atoms with Crippen LogP contribution in [0.1, 0.15) is 20.7 Å². The Hall–Kier alpha value is -2.54. The molecule has 0 fully saturated rings. The highest BCUT2D eigenvalue weighted by Crippen LogP contribution is 2.31. The van der Waals surface area contributed by atoms with Crippen LogP contribution in [0, 0.1) is 0 Å². The molecular weight excluding hydrogens is 368 g/mol. The monoisotopic (exact) mass is 382 g/mol. The minimum Gasteiger partial charge on any atom is -0.507 e. The van der Waals surface area contributed by atoms with Crippen molar-refractivity contribution in [1.29, 1.82) is 0 Å². The van der Waals surface area contributed by atoms with Gasteiger partial charge in [-0.1, -0.05) is 0 Å². The minimum absolute atomic E-state index is 0.0270. The first kappa shape index (κ1) is 18.5. The topological polar surface area (TPSA) is 93.1 Å². The van der Waals surface area contributed by atoms with Crippen molar-refractivity contribution in [1.82, 2.24) is 0 Å². The van der Waals surface area contributed by atoms with E-state index in [1.54, 1.807) is 12.1 Å². The number of carbonyl (C=O) groups is 2. The normalized spacial score (nSPS) is 9.35. The molecule has 122 valence electrons. The summed E-state index contributed by atoms with van der Waals surface area (Å²) in [6, 6.07) is 7.53. The Morgan fingerprint density at radius 2 is 1.48 bits per heavy atom. The summed E-state index contributed by atoms with van der Waals surface area (Å²) < 4.78 is 10.2. The highest BCUT2D eigenvalue weighted by molar-refractivity contribution is 9.10. The quantitative estimate of drug-likeness (QED) is 0.788. The van der Waals surface area contributed by atoms with E-state index in [2.05, 4.69) is 15.9 Å². The number of aromatic hydroxyl groups is 2. The average Bonchev–Trinajstić information content (AvgIpc) is 2.58. The van der Waals surface area contributed by atoms with Gasteiger partial charge >= 0.3 is 0 Å². The van der Waals surface area contributed by atoms with Gasteiger partial charge in [-0.25, -0.2) is 0 Å². The molecule has 0 bridgehead atoms. The van der Waals surface area contributed by atoms with Gasteiger partial charge in [0.1, 0.15) is 23.0 Å². The number of hydrogen-bond acceptors (Lipinski definition) is 6. The molecule has 2 aromatic rings. The summed E-state index contributed by atoms with van der Waals surface area (Å²) in [7, 11) is 2.99. The van der Waals surface area contributed by atoms with Gasteiger partial charge in [0.25, 0.3) is 0 Å². The molecule has 2 N–H and O–H groups in total. The van der Waals surface area contributed by atoms with E-state index in [4.69, 9.17) is 14.6 Å². The van der Waals surface area contributed by atoms with E-state index in [-0.39, 0.29) is 22.6 Å². The van der Waals surface area contributed by atoms with Gasteiger partial charge < -0.3 is 19.7 Å². The van der Waals surface area contributed by atoms with E-state index in [9.17, 15) is 14.7 Å². The zero-order chi connectivity index (χ0) is 17.4. The summed E-state index contributed by atoms with van der Waals surface area (Å²) in [5.41, 5.74) is 0.450. The average molecular weight is 383 g/mol. The van der Waals surface area contributed by atoms with Crippen LogP contribution in [0.5, 0.6) is 23.0 Å². The summed E-state index contributed by atoms with van der Waals surface area (Å²) >= 11 is 3.09. The molecule has 6 nitrogen and oxygen atoms in total. The summed E-state index contributed by atoms with van der Waals surface area (Å²) in [6.07, 6.45) is 1.15. The Morgan fingerprint density at radius 3 is 2.00 bits per heavy atom. The molecule has 23 heavy (non-hydrogen) atoms. The molecule has 7 heteroatoms. The molecule has 2 rings (SSSR count). The number of carbonyl (C=O) groups excluding carboxylic acids is 2. The molecule has 0 unspecified atom stereocenters. The highest BCUT2D eigenvalue weighted by atomic mass is 79.9. The Balaban J connectivity index is 0.000000231. The molecule has 0 atom stereocenters. The van der Waals surface area contributed by atoms with Gasteiger partial charge in [0.2, 0.25) is 0 Å². The zero-order valence-corrected chi connectivity index (χ0v) is 14.0. The van der Waals surface area contributed by atoms with Gasteiger partial charge in [0.05, 0.1) is 29.8 Å². The van der Waals surface area contributed by atoms with Gasteiger partial charge in [-0.05, 0) is 46.3 Å². The number of rotatable bonds is 4. The second kappa shape index (κ2) is 8.79. The molecule has 0 saturated heterocycles. The molecular formula is C16H15BrO6. The van der Waals surface area contributed by atoms with Gasteiger partial charge in [-0.15, -0.1) is 0 Å². The standard InChI is InChI=1S/C8H7BrO3.C8H8O3/c1-12-6-2-5(4-10)8(11)7(9)3-6;1-11-7-2-3-8(10)6(4-7)5-9/h2-4,11H,1H3;2-5,10H,1H3. The van der Waals surface area contributed by atoms with Crippen LogP contribution in [-0.2, 0) is 0 Å². The van der Waals surface area contributed by atoms with Crippen LogP contribution in [0.25, 0.3) is 0 Å². The molecule has 0 heterocycles. The van der Waals surface area contributed by atoms with Crippen LogP contribution in [0.15, 0.2) is 34.8 Å². The third-order valence-corrected chi connectivity index (χ3v) is 3.40. The number of halogens is 1. The molecule has 0 aliphatic rings. The number of methoxy groups -OCH3 is 2. The van der Waals surface area contributed by atoms with E-state index in [0.717, 1.165) is 0 Å². The first-order chi connectivity index (χ1) is 11.0. The summed E-state index contributed by atoms with van der Waals surface area (Å²) in [6.45, 7) is 0. The fourth-order valence-corrected chi connectivity index (χ4v) is 2.01. The summed E-state index contributed by atoms with van der Waals surface area (Å²) in [5, 5.41) is 18.3. The Kier molecular flexibility index (Phi) is 7.08. The van der Waals surface area contributed by atoms with Crippen molar-refractivity contribution < 1.29 is 29.3 Å². The van der Waals surface area contributed by atoms with Crippen molar-refractivity contribution in [3.8, 4) is 23.0 Å². The molecule has 0 amide bonds. The number of hydrogen-bond donors (Lipinski definition) is 2. The summed E-state index contributed by atoms with van der Waals surface area (Å²) in [5.74, 6) is 0.998. The van der Waals surface area contributed by atoms with E-state index in [1.165, 1.54) is 32.4 Å². The van der Waals surface area contributed by atoms with E-state index >= 15 is 0 Å². The lowest BCUT2D eigenvalue weighted by Gasteiger charge is -2.04. The first-order valence-electron chi connectivity index (χ1n) is 6.30. The van der Waals surface area contributed by atoms with E-state index < -0.39 is 0 Å². The van der Waals surface area contributed by atoms with Crippen LogP contribution in [0.4, 0.5) is 0 Å². The van der Waals surface area contributed by atoms with Gasteiger partial charge in [0, 0.05) is 0 Å². The van der Waals surface area contributed by atoms with Crippen LogP contribution in [0.3, 0.4) is 0 Å². The summed E-state index contributed by atoms with van der Waals surface area (Å²) in [4.78, 5) is 20.7. The van der Waals surface area contributed by atoms with Gasteiger partial charge in [-0.2, -0.15) is 0 Å². The third kappa shape index (κ3) is 5.00. The maximum Gasteiger partial charge on any atom is 0.153 e. The van der Waals surface area contributed by atoms with Crippen molar-refractivity contribution in [2.24, 2.45) is 0 Å². The molecule has 0 aliphatic heterocycles. The Labute approximate surface area is 141 Å². The zero-order valence-electron chi connectivity index (χ0n) is 12.4. The van der Waals surface area contributed by atoms with Crippen LogP contribution >= 0.6 is 15.9 Å². The fourth-order valence-electron chi connectivity index (χ4n) is 1.56. The lowest BCUT2D eigenvalue weighted by Crippen LogP contribution is -1.87. The van der Waals surface area contributed by atoms with Crippen LogP contribution < -0.4 is 9.47 Å². The lowest BCUT2D eigenvalue weighted by atomic mass is 10.2. The maximum absolute atomic E-state index is 10.4. The first-order valence-corrected chi connectivity index (χ1v) is 7.10. The number of phenolic OH excluding ortho intramolecular Hbond substituents is 2. The van der Waals surface area contributed by atoms with Crippen LogP contribution in [-0.4, -0.2) is 37.0 Å². The van der Waals surface area contributed by atoms with E-state index in [1.807, 2.05) is 0 Å². The highest BCUT2D eigenvalue weighted by Gasteiger charge is 2.06. The fraction of sp³-hybridized carbons (Fsp3) is 0.125. The molecule has 2 aromatic carbocycles. The third-order valence-electron chi connectivity index (χ3n) is 2.79. The second-order valence-electron chi connectivity index (χ2n) is 4.21. The van der Waals surface area contributed by atoms with Gasteiger partial charge in [0.15, 0.2) is 12.6 Å². The molecule has 0 aliphatic carbocycles. The van der Waals surface area contributed by atoms with E-state index in [0.29, 0.717) is 28.5 Å². The smallest absolute Gasteiger partial charge is 0.153 e. The molecule has 0 radical (unpaired) electrons. The molecule has 0 saturated carbocycles. The molecule has 0 aromatic heterocycles. The van der Waals surface area contributed by atoms with Crippen LogP contribution in [0.2, 0.25) is 0 Å². The van der Waals surface area contributed by atoms with Crippen molar-refractivity contribution in [2.45, 2.75) is 0 Å². The Morgan fingerprint density at radius 1 is 0.913 bits per heavy atom. The van der Waals surface area contributed by atoms with Crippen molar-refractivity contribution >= 4 is 28.5 Å². The SMILES string of the molecule is COc1cc(Br)c(O)c(C=O)c1.COc1ccc(O)c(C=O)c1. The largest absolute Gasteiger partial charge is 0.507 e. The predicted molar refractivity (Wildman–Crippen MR) is 87.8 cm³/mol.